The van der Waals surface area contributed by atoms with Crippen LogP contribution in [-0.4, -0.2) is 23.6 Å². The fraction of sp³-hybridized carbons (Fsp3) is 0.389. The van der Waals surface area contributed by atoms with Crippen molar-refractivity contribution in [3.05, 3.63) is 41.3 Å². The van der Waals surface area contributed by atoms with Gasteiger partial charge < -0.3 is 14.6 Å². The lowest BCUT2D eigenvalue weighted by Crippen LogP contribution is -2.18. The summed E-state index contributed by atoms with van der Waals surface area (Å²) in [5.41, 5.74) is 3.38. The monoisotopic (exact) mass is 361 g/mol. The lowest BCUT2D eigenvalue weighted by Gasteiger charge is -2.15. The molecule has 2 amide bonds. The smallest absolute Gasteiger partial charge is 0.317 e. The SMILES string of the molecule is CC1CCc2noc(C(=O)NF)c2C1.O=C1CCOc2ccccc2N1. The Labute approximate surface area is 149 Å². The molecule has 1 atom stereocenters. The molecule has 0 radical (unpaired) electrons. The van der Waals surface area contributed by atoms with Gasteiger partial charge in [0.05, 0.1) is 24.4 Å². The van der Waals surface area contributed by atoms with Crippen molar-refractivity contribution in [2.45, 2.75) is 32.6 Å². The van der Waals surface area contributed by atoms with Gasteiger partial charge >= 0.3 is 5.91 Å². The Kier molecular flexibility index (Phi) is 5.50. The molecule has 1 unspecified atom stereocenters. The molecule has 138 valence electrons. The van der Waals surface area contributed by atoms with Crippen molar-refractivity contribution < 1.29 is 23.3 Å². The van der Waals surface area contributed by atoms with Gasteiger partial charge in [0.2, 0.25) is 11.7 Å². The second kappa shape index (κ2) is 7.99. The van der Waals surface area contributed by atoms with Crippen molar-refractivity contribution in [2.24, 2.45) is 5.92 Å². The summed E-state index contributed by atoms with van der Waals surface area (Å²) in [6, 6.07) is 7.43. The van der Waals surface area contributed by atoms with Crippen molar-refractivity contribution in [1.29, 1.82) is 0 Å². The first kappa shape index (κ1) is 17.9. The first-order chi connectivity index (χ1) is 12.6. The molecule has 0 saturated carbocycles. The van der Waals surface area contributed by atoms with Crippen LogP contribution in [-0.2, 0) is 17.6 Å². The van der Waals surface area contributed by atoms with Crippen molar-refractivity contribution in [3.8, 4) is 5.75 Å². The summed E-state index contributed by atoms with van der Waals surface area (Å²) in [5, 5.41) is 6.52. The predicted octanol–water partition coefficient (Wildman–Crippen LogP) is 2.82. The van der Waals surface area contributed by atoms with Crippen LogP contribution >= 0.6 is 0 Å². The molecule has 0 bridgehead atoms. The third-order valence-electron chi connectivity index (χ3n) is 4.34. The number of rotatable bonds is 1. The lowest BCUT2D eigenvalue weighted by molar-refractivity contribution is -0.116. The molecule has 2 aliphatic rings. The van der Waals surface area contributed by atoms with Gasteiger partial charge in [-0.1, -0.05) is 28.7 Å². The first-order valence-corrected chi connectivity index (χ1v) is 8.48. The molecule has 0 spiro atoms. The number of carbonyl (C=O) groups is 2. The zero-order valence-corrected chi connectivity index (χ0v) is 14.4. The maximum Gasteiger partial charge on any atom is 0.317 e. The highest BCUT2D eigenvalue weighted by Gasteiger charge is 2.26. The maximum atomic E-state index is 11.9. The molecule has 2 aromatic rings. The van der Waals surface area contributed by atoms with Gasteiger partial charge in [0.25, 0.3) is 0 Å². The van der Waals surface area contributed by atoms with Crippen LogP contribution in [0.3, 0.4) is 0 Å². The number of para-hydroxylation sites is 2. The Bertz CT molecular complexity index is 805. The van der Waals surface area contributed by atoms with Crippen LogP contribution in [0.2, 0.25) is 0 Å². The van der Waals surface area contributed by atoms with Gasteiger partial charge in [-0.2, -0.15) is 5.54 Å². The normalized spacial score (nSPS) is 18.1. The fourth-order valence-electron chi connectivity index (χ4n) is 2.97. The van der Waals surface area contributed by atoms with Gasteiger partial charge in [-0.25, -0.2) is 0 Å². The number of carbonyl (C=O) groups excluding carboxylic acids is 2. The molecule has 4 rings (SSSR count). The van der Waals surface area contributed by atoms with Gasteiger partial charge in [0.15, 0.2) is 0 Å². The van der Waals surface area contributed by atoms with E-state index in [0.29, 0.717) is 18.9 Å². The third-order valence-corrected chi connectivity index (χ3v) is 4.34. The highest BCUT2D eigenvalue weighted by molar-refractivity contribution is 5.93. The number of halogens is 1. The Balaban J connectivity index is 0.000000152. The summed E-state index contributed by atoms with van der Waals surface area (Å²) in [6.07, 6.45) is 3.01. The van der Waals surface area contributed by atoms with Gasteiger partial charge in [0, 0.05) is 5.56 Å². The molecule has 1 aliphatic heterocycles. The number of hydrogen-bond acceptors (Lipinski definition) is 5. The summed E-state index contributed by atoms with van der Waals surface area (Å²) < 4.78 is 22.1. The van der Waals surface area contributed by atoms with Crippen molar-refractivity contribution in [2.75, 3.05) is 11.9 Å². The van der Waals surface area contributed by atoms with Crippen molar-refractivity contribution in [1.82, 2.24) is 10.7 Å². The second-order valence-corrected chi connectivity index (χ2v) is 6.35. The quantitative estimate of drug-likeness (QED) is 0.762. The fourth-order valence-corrected chi connectivity index (χ4v) is 2.97. The Morgan fingerprint density at radius 2 is 2.15 bits per heavy atom. The number of nitrogens with one attached hydrogen (secondary N) is 2. The van der Waals surface area contributed by atoms with Crippen molar-refractivity contribution >= 4 is 17.5 Å². The van der Waals surface area contributed by atoms with E-state index >= 15 is 0 Å². The molecule has 8 heteroatoms. The molecule has 0 saturated heterocycles. The average Bonchev–Trinajstić information content (AvgIpc) is 2.96. The Morgan fingerprint density at radius 1 is 1.35 bits per heavy atom. The number of amides is 2. The van der Waals surface area contributed by atoms with E-state index in [4.69, 9.17) is 9.26 Å². The largest absolute Gasteiger partial charge is 0.491 e. The summed E-state index contributed by atoms with van der Waals surface area (Å²) in [5.74, 6) is 0.443. The standard InChI is InChI=1S/C9H11FN2O2.C9H9NO2/c1-5-2-3-7-6(4-5)8(14-12-7)9(13)11-10;11-9-5-6-12-8-4-2-1-3-7(8)10-9/h5H,2-4H2,1H3,(H,11,13);1-4H,5-6H2,(H,10,11). The van der Waals surface area contributed by atoms with E-state index in [1.165, 1.54) is 0 Å². The van der Waals surface area contributed by atoms with Crippen LogP contribution in [0.1, 0.15) is 41.6 Å². The lowest BCUT2D eigenvalue weighted by atomic mass is 9.88. The molecule has 7 nitrogen and oxygen atoms in total. The molecular formula is C18H20FN3O4. The highest BCUT2D eigenvalue weighted by Crippen LogP contribution is 2.27. The molecule has 0 fully saturated rings. The number of anilines is 1. The van der Waals surface area contributed by atoms with Crippen LogP contribution in [0.4, 0.5) is 10.2 Å². The van der Waals surface area contributed by atoms with E-state index in [9.17, 15) is 14.1 Å². The van der Waals surface area contributed by atoms with E-state index < -0.39 is 5.91 Å². The predicted molar refractivity (Wildman–Crippen MR) is 91.4 cm³/mol. The van der Waals surface area contributed by atoms with Crippen LogP contribution in [0.15, 0.2) is 28.8 Å². The Morgan fingerprint density at radius 3 is 2.96 bits per heavy atom. The van der Waals surface area contributed by atoms with Crippen molar-refractivity contribution in [3.63, 3.8) is 0 Å². The summed E-state index contributed by atoms with van der Waals surface area (Å²) >= 11 is 0. The molecule has 2 N–H and O–H groups in total. The molecule has 1 aliphatic carbocycles. The zero-order valence-electron chi connectivity index (χ0n) is 14.4. The third kappa shape index (κ3) is 4.01. The number of aryl methyl sites for hydroxylation is 1. The number of hydrogen-bond donors (Lipinski definition) is 2. The number of fused-ring (bicyclic) bond motifs is 2. The van der Waals surface area contributed by atoms with E-state index in [-0.39, 0.29) is 11.7 Å². The summed E-state index contributed by atoms with van der Waals surface area (Å²) in [7, 11) is 0. The number of aromatic nitrogens is 1. The first-order valence-electron chi connectivity index (χ1n) is 8.48. The van der Waals surface area contributed by atoms with E-state index in [1.54, 1.807) is 0 Å². The molecule has 1 aromatic heterocycles. The molecule has 26 heavy (non-hydrogen) atoms. The summed E-state index contributed by atoms with van der Waals surface area (Å²) in [6.45, 7) is 2.55. The minimum Gasteiger partial charge on any atom is -0.491 e. The van der Waals surface area contributed by atoms with Crippen LogP contribution in [0.5, 0.6) is 5.75 Å². The minimum atomic E-state index is -0.840. The maximum absolute atomic E-state index is 11.9. The van der Waals surface area contributed by atoms with Gasteiger partial charge in [-0.3, -0.25) is 9.59 Å². The van der Waals surface area contributed by atoms with Gasteiger partial charge in [-0.05, 0) is 37.3 Å². The van der Waals surface area contributed by atoms with Gasteiger partial charge in [-0.15, -0.1) is 0 Å². The van der Waals surface area contributed by atoms with E-state index in [1.807, 2.05) is 24.3 Å². The zero-order chi connectivity index (χ0) is 18.5. The summed E-state index contributed by atoms with van der Waals surface area (Å²) in [4.78, 5) is 22.1. The number of benzene rings is 1. The number of nitrogens with zero attached hydrogens (tertiary/aromatic N) is 1. The second-order valence-electron chi connectivity index (χ2n) is 6.35. The van der Waals surface area contributed by atoms with E-state index in [0.717, 1.165) is 47.5 Å². The van der Waals surface area contributed by atoms with Crippen LogP contribution in [0, 0.1) is 5.92 Å². The average molecular weight is 361 g/mol. The highest BCUT2D eigenvalue weighted by atomic mass is 19.2. The van der Waals surface area contributed by atoms with Gasteiger partial charge in [0.1, 0.15) is 5.75 Å². The Hall–Kier alpha value is -2.90. The van der Waals surface area contributed by atoms with Crippen LogP contribution < -0.4 is 15.6 Å². The number of ether oxygens (including phenoxy) is 1. The molecule has 1 aromatic carbocycles. The molecule has 2 heterocycles. The van der Waals surface area contributed by atoms with E-state index in [2.05, 4.69) is 17.4 Å². The molecular weight excluding hydrogens is 341 g/mol. The minimum absolute atomic E-state index is 0.0138. The topological polar surface area (TPSA) is 93.5 Å². The van der Waals surface area contributed by atoms with Crippen LogP contribution in [0.25, 0.3) is 0 Å².